The smallest absolute Gasteiger partial charge is 0.117 e. The lowest BCUT2D eigenvalue weighted by molar-refractivity contribution is 0.460. The molecule has 0 aliphatic carbocycles. The van der Waals surface area contributed by atoms with Gasteiger partial charge in [-0.25, -0.2) is 0 Å². The zero-order chi connectivity index (χ0) is 11.3. The predicted octanol–water partition coefficient (Wildman–Crippen LogP) is 1.83. The lowest BCUT2D eigenvalue weighted by atomic mass is 10.3. The molecular weight excluding hydrogens is 210 g/mol. The van der Waals surface area contributed by atoms with E-state index >= 15 is 0 Å². The molecule has 1 N–H and O–H groups in total. The molecule has 1 heterocycles. The van der Waals surface area contributed by atoms with Gasteiger partial charge in [0.1, 0.15) is 11.5 Å². The van der Waals surface area contributed by atoms with Gasteiger partial charge in [-0.15, -0.1) is 0 Å². The van der Waals surface area contributed by atoms with Crippen molar-refractivity contribution < 1.29 is 8.63 Å². The van der Waals surface area contributed by atoms with Gasteiger partial charge in [-0.2, -0.15) is 0 Å². The first-order chi connectivity index (χ1) is 7.09. The normalized spacial score (nSPS) is 15.1. The Balaban J connectivity index is 2.14. The van der Waals surface area contributed by atoms with E-state index in [2.05, 4.69) is 5.32 Å². The molecule has 86 valence electrons. The lowest BCUT2D eigenvalue weighted by Crippen LogP contribution is -2.20. The summed E-state index contributed by atoms with van der Waals surface area (Å²) in [5.41, 5.74) is 0. The highest BCUT2D eigenvalue weighted by Gasteiger charge is 2.05. The topological polar surface area (TPSA) is 42.2 Å². The summed E-state index contributed by atoms with van der Waals surface area (Å²) in [5.74, 6) is 1.90. The molecule has 15 heavy (non-hydrogen) atoms. The molecule has 0 bridgehead atoms. The standard InChI is InChI=1S/C11H19NO2S/c1-9-4-5-11(14-9)8-12-7-6-10(2)15(3)13/h4-5,10,12H,6-8H2,1-3H3. The van der Waals surface area contributed by atoms with Crippen LogP contribution in [-0.2, 0) is 17.3 Å². The second kappa shape index (κ2) is 6.08. The van der Waals surface area contributed by atoms with Gasteiger partial charge in [0.05, 0.1) is 6.54 Å². The van der Waals surface area contributed by atoms with Crippen LogP contribution in [0.4, 0.5) is 0 Å². The summed E-state index contributed by atoms with van der Waals surface area (Å²) in [6.07, 6.45) is 2.68. The van der Waals surface area contributed by atoms with Crippen molar-refractivity contribution in [3.63, 3.8) is 0 Å². The molecule has 0 aromatic carbocycles. The third-order valence-corrected chi connectivity index (χ3v) is 3.76. The molecule has 0 aliphatic rings. The molecule has 0 radical (unpaired) electrons. The fourth-order valence-electron chi connectivity index (χ4n) is 1.26. The number of hydrogen-bond donors (Lipinski definition) is 1. The highest BCUT2D eigenvalue weighted by atomic mass is 32.2. The fourth-order valence-corrected chi connectivity index (χ4v) is 1.71. The molecule has 1 aromatic heterocycles. The van der Waals surface area contributed by atoms with Crippen LogP contribution in [0.3, 0.4) is 0 Å². The van der Waals surface area contributed by atoms with Gasteiger partial charge in [0.25, 0.3) is 0 Å². The number of hydrogen-bond acceptors (Lipinski definition) is 3. The fraction of sp³-hybridized carbons (Fsp3) is 0.636. The summed E-state index contributed by atoms with van der Waals surface area (Å²) in [6.45, 7) is 5.57. The van der Waals surface area contributed by atoms with Crippen molar-refractivity contribution in [1.29, 1.82) is 0 Å². The van der Waals surface area contributed by atoms with Crippen LogP contribution in [0.2, 0.25) is 0 Å². The summed E-state index contributed by atoms with van der Waals surface area (Å²) < 4.78 is 16.5. The second-order valence-corrected chi connectivity index (χ2v) is 5.59. The summed E-state index contributed by atoms with van der Waals surface area (Å²) in [4.78, 5) is 0. The zero-order valence-corrected chi connectivity index (χ0v) is 10.4. The third-order valence-electron chi connectivity index (χ3n) is 2.39. The Morgan fingerprint density at radius 3 is 2.80 bits per heavy atom. The summed E-state index contributed by atoms with van der Waals surface area (Å²) >= 11 is 0. The van der Waals surface area contributed by atoms with Crippen LogP contribution in [0.5, 0.6) is 0 Å². The quantitative estimate of drug-likeness (QED) is 0.757. The highest BCUT2D eigenvalue weighted by Crippen LogP contribution is 2.05. The SMILES string of the molecule is Cc1ccc(CNCCC(C)S(C)=O)o1. The molecule has 0 amide bonds. The average molecular weight is 229 g/mol. The van der Waals surface area contributed by atoms with Gasteiger partial charge in [0.2, 0.25) is 0 Å². The van der Waals surface area contributed by atoms with Crippen molar-refractivity contribution in [3.8, 4) is 0 Å². The largest absolute Gasteiger partial charge is 0.465 e. The molecule has 0 saturated heterocycles. The molecule has 1 rings (SSSR count). The molecule has 0 saturated carbocycles. The van der Waals surface area contributed by atoms with E-state index in [0.717, 1.165) is 31.0 Å². The molecule has 3 nitrogen and oxygen atoms in total. The second-order valence-electron chi connectivity index (χ2n) is 3.79. The Kier molecular flexibility index (Phi) is 5.05. The average Bonchev–Trinajstić information content (AvgIpc) is 2.58. The van der Waals surface area contributed by atoms with E-state index in [-0.39, 0.29) is 5.25 Å². The maximum atomic E-state index is 11.1. The highest BCUT2D eigenvalue weighted by molar-refractivity contribution is 7.84. The van der Waals surface area contributed by atoms with Crippen LogP contribution in [0.1, 0.15) is 24.9 Å². The van der Waals surface area contributed by atoms with Crippen molar-refractivity contribution in [2.45, 2.75) is 32.1 Å². The van der Waals surface area contributed by atoms with Crippen LogP contribution < -0.4 is 5.32 Å². The van der Waals surface area contributed by atoms with Crippen molar-refractivity contribution in [1.82, 2.24) is 5.32 Å². The first-order valence-electron chi connectivity index (χ1n) is 5.18. The van der Waals surface area contributed by atoms with E-state index in [1.54, 1.807) is 6.26 Å². The van der Waals surface area contributed by atoms with Crippen LogP contribution in [-0.4, -0.2) is 22.3 Å². The Morgan fingerprint density at radius 1 is 1.53 bits per heavy atom. The van der Waals surface area contributed by atoms with Gasteiger partial charge in [-0.05, 0) is 32.0 Å². The predicted molar refractivity (Wildman–Crippen MR) is 63.3 cm³/mol. The van der Waals surface area contributed by atoms with Crippen LogP contribution in [0, 0.1) is 6.92 Å². The number of aryl methyl sites for hydroxylation is 1. The Bertz CT molecular complexity index is 322. The minimum Gasteiger partial charge on any atom is -0.465 e. The summed E-state index contributed by atoms with van der Waals surface area (Å²) in [5, 5.41) is 3.53. The third kappa shape index (κ3) is 4.62. The number of rotatable bonds is 6. The van der Waals surface area contributed by atoms with Crippen molar-refractivity contribution in [3.05, 3.63) is 23.7 Å². The minimum atomic E-state index is -0.718. The first kappa shape index (κ1) is 12.5. The summed E-state index contributed by atoms with van der Waals surface area (Å²) in [6, 6.07) is 3.93. The Labute approximate surface area is 93.7 Å². The molecule has 2 atom stereocenters. The van der Waals surface area contributed by atoms with Gasteiger partial charge < -0.3 is 9.73 Å². The number of nitrogens with one attached hydrogen (secondary N) is 1. The maximum absolute atomic E-state index is 11.1. The van der Waals surface area contributed by atoms with Gasteiger partial charge in [0.15, 0.2) is 0 Å². The molecule has 4 heteroatoms. The molecule has 0 aliphatic heterocycles. The van der Waals surface area contributed by atoms with Gasteiger partial charge in [-0.1, -0.05) is 6.92 Å². The maximum Gasteiger partial charge on any atom is 0.117 e. The van der Waals surface area contributed by atoms with E-state index in [1.165, 1.54) is 0 Å². The molecule has 0 fully saturated rings. The van der Waals surface area contributed by atoms with Gasteiger partial charge in [-0.3, -0.25) is 4.21 Å². The molecule has 0 spiro atoms. The Morgan fingerprint density at radius 2 is 2.27 bits per heavy atom. The van der Waals surface area contributed by atoms with Gasteiger partial charge in [0, 0.05) is 22.3 Å². The van der Waals surface area contributed by atoms with Crippen molar-refractivity contribution in [2.75, 3.05) is 12.8 Å². The van der Waals surface area contributed by atoms with Crippen molar-refractivity contribution in [2.24, 2.45) is 0 Å². The minimum absolute atomic E-state index is 0.260. The van der Waals surface area contributed by atoms with E-state index in [9.17, 15) is 4.21 Å². The molecule has 1 aromatic rings. The zero-order valence-electron chi connectivity index (χ0n) is 9.58. The number of furan rings is 1. The van der Waals surface area contributed by atoms with Crippen LogP contribution in [0.15, 0.2) is 16.5 Å². The Hall–Kier alpha value is -0.610. The lowest BCUT2D eigenvalue weighted by Gasteiger charge is -2.08. The molecule has 2 unspecified atom stereocenters. The molecular formula is C11H19NO2S. The van der Waals surface area contributed by atoms with E-state index in [1.807, 2.05) is 26.0 Å². The van der Waals surface area contributed by atoms with E-state index in [4.69, 9.17) is 4.42 Å². The van der Waals surface area contributed by atoms with Crippen LogP contribution >= 0.6 is 0 Å². The summed E-state index contributed by atoms with van der Waals surface area (Å²) in [7, 11) is -0.718. The van der Waals surface area contributed by atoms with Gasteiger partial charge >= 0.3 is 0 Å². The van der Waals surface area contributed by atoms with Crippen LogP contribution in [0.25, 0.3) is 0 Å². The van der Waals surface area contributed by atoms with Crippen molar-refractivity contribution >= 4 is 10.8 Å². The first-order valence-corrected chi connectivity index (χ1v) is 6.80. The van der Waals surface area contributed by atoms with E-state index < -0.39 is 10.8 Å². The monoisotopic (exact) mass is 229 g/mol. The van der Waals surface area contributed by atoms with E-state index in [0.29, 0.717) is 0 Å².